The Bertz CT molecular complexity index is 635. The Labute approximate surface area is 134 Å². The smallest absolute Gasteiger partial charge is 0.229 e. The van der Waals surface area contributed by atoms with Crippen molar-refractivity contribution >= 4 is 35.0 Å². The van der Waals surface area contributed by atoms with Crippen LogP contribution in [0.15, 0.2) is 58.3 Å². The zero-order chi connectivity index (χ0) is 15.5. The Morgan fingerprint density at radius 2 is 1.76 bits per heavy atom. The SMILES string of the molecule is CC(C)(C)C(=O)Nc1ccc(Cl)cc1Sc1ccccc1. The van der Waals surface area contributed by atoms with Gasteiger partial charge >= 0.3 is 0 Å². The molecule has 0 aromatic heterocycles. The van der Waals surface area contributed by atoms with Crippen LogP contribution in [0.2, 0.25) is 5.02 Å². The van der Waals surface area contributed by atoms with Crippen molar-refractivity contribution in [2.75, 3.05) is 5.32 Å². The molecule has 0 radical (unpaired) electrons. The predicted molar refractivity (Wildman–Crippen MR) is 90.1 cm³/mol. The summed E-state index contributed by atoms with van der Waals surface area (Å²) in [5.74, 6) is -0.0141. The number of hydrogen-bond donors (Lipinski definition) is 1. The minimum atomic E-state index is -0.436. The molecule has 0 aliphatic carbocycles. The van der Waals surface area contributed by atoms with Crippen molar-refractivity contribution < 1.29 is 4.79 Å². The summed E-state index contributed by atoms with van der Waals surface area (Å²) in [5.41, 5.74) is 0.349. The molecule has 2 aromatic carbocycles. The molecule has 21 heavy (non-hydrogen) atoms. The van der Waals surface area contributed by atoms with E-state index in [1.807, 2.05) is 63.2 Å². The number of rotatable bonds is 3. The number of nitrogens with one attached hydrogen (secondary N) is 1. The van der Waals surface area contributed by atoms with Crippen LogP contribution in [0.1, 0.15) is 20.8 Å². The molecule has 2 rings (SSSR count). The summed E-state index contributed by atoms with van der Waals surface area (Å²) in [5, 5.41) is 3.63. The number of hydrogen-bond acceptors (Lipinski definition) is 2. The van der Waals surface area contributed by atoms with E-state index in [1.54, 1.807) is 17.8 Å². The topological polar surface area (TPSA) is 29.1 Å². The molecular formula is C17H18ClNOS. The Morgan fingerprint density at radius 1 is 1.10 bits per heavy atom. The predicted octanol–water partition coefficient (Wildman–Crippen LogP) is 5.48. The highest BCUT2D eigenvalue weighted by atomic mass is 35.5. The molecule has 1 N–H and O–H groups in total. The summed E-state index contributed by atoms with van der Waals surface area (Å²) >= 11 is 7.67. The van der Waals surface area contributed by atoms with E-state index < -0.39 is 5.41 Å². The Balaban J connectivity index is 2.28. The summed E-state index contributed by atoms with van der Waals surface area (Å²) in [6.45, 7) is 5.67. The lowest BCUT2D eigenvalue weighted by molar-refractivity contribution is -0.123. The van der Waals surface area contributed by atoms with Crippen molar-refractivity contribution in [1.82, 2.24) is 0 Å². The molecule has 1 amide bonds. The molecule has 0 aliphatic heterocycles. The number of amides is 1. The summed E-state index contributed by atoms with van der Waals surface area (Å²) in [7, 11) is 0. The van der Waals surface area contributed by atoms with Gasteiger partial charge < -0.3 is 5.32 Å². The van der Waals surface area contributed by atoms with Crippen molar-refractivity contribution in [3.63, 3.8) is 0 Å². The monoisotopic (exact) mass is 319 g/mol. The van der Waals surface area contributed by atoms with E-state index in [0.29, 0.717) is 5.02 Å². The quantitative estimate of drug-likeness (QED) is 0.812. The summed E-state index contributed by atoms with van der Waals surface area (Å²) < 4.78 is 0. The third kappa shape index (κ3) is 4.51. The van der Waals surface area contributed by atoms with Gasteiger partial charge in [0, 0.05) is 20.2 Å². The van der Waals surface area contributed by atoms with E-state index in [2.05, 4.69) is 5.32 Å². The van der Waals surface area contributed by atoms with Crippen LogP contribution in [0.5, 0.6) is 0 Å². The van der Waals surface area contributed by atoms with Gasteiger partial charge in [-0.2, -0.15) is 0 Å². The molecule has 0 spiro atoms. The van der Waals surface area contributed by atoms with E-state index >= 15 is 0 Å². The van der Waals surface area contributed by atoms with Crippen LogP contribution in [-0.2, 0) is 4.79 Å². The van der Waals surface area contributed by atoms with Gasteiger partial charge in [-0.15, -0.1) is 0 Å². The molecule has 4 heteroatoms. The van der Waals surface area contributed by atoms with Crippen molar-refractivity contribution in [2.24, 2.45) is 5.41 Å². The van der Waals surface area contributed by atoms with Gasteiger partial charge in [0.2, 0.25) is 5.91 Å². The van der Waals surface area contributed by atoms with Gasteiger partial charge in [0.1, 0.15) is 0 Å². The van der Waals surface area contributed by atoms with Crippen LogP contribution in [-0.4, -0.2) is 5.91 Å². The van der Waals surface area contributed by atoms with Crippen molar-refractivity contribution in [3.05, 3.63) is 53.6 Å². The zero-order valence-electron chi connectivity index (χ0n) is 12.3. The van der Waals surface area contributed by atoms with Gasteiger partial charge in [-0.1, -0.05) is 62.3 Å². The van der Waals surface area contributed by atoms with Crippen LogP contribution in [0.25, 0.3) is 0 Å². The lowest BCUT2D eigenvalue weighted by Gasteiger charge is -2.19. The Kier molecular flexibility index (Phi) is 4.96. The lowest BCUT2D eigenvalue weighted by Crippen LogP contribution is -2.27. The van der Waals surface area contributed by atoms with Crippen molar-refractivity contribution in [3.8, 4) is 0 Å². The normalized spacial score (nSPS) is 11.2. The molecule has 0 saturated carbocycles. The zero-order valence-corrected chi connectivity index (χ0v) is 13.9. The molecule has 2 nitrogen and oxygen atoms in total. The summed E-state index contributed by atoms with van der Waals surface area (Å²) in [6, 6.07) is 15.5. The third-order valence-corrected chi connectivity index (χ3v) is 4.14. The largest absolute Gasteiger partial charge is 0.325 e. The number of anilines is 1. The van der Waals surface area contributed by atoms with Gasteiger partial charge in [-0.3, -0.25) is 4.79 Å². The molecule has 2 aromatic rings. The summed E-state index contributed by atoms with van der Waals surface area (Å²) in [4.78, 5) is 14.2. The van der Waals surface area contributed by atoms with Gasteiger partial charge in [-0.25, -0.2) is 0 Å². The lowest BCUT2D eigenvalue weighted by atomic mass is 9.95. The Morgan fingerprint density at radius 3 is 2.38 bits per heavy atom. The number of carbonyl (C=O) groups is 1. The van der Waals surface area contributed by atoms with Crippen LogP contribution in [0, 0.1) is 5.41 Å². The molecule has 0 bridgehead atoms. The van der Waals surface area contributed by atoms with Gasteiger partial charge in [0.15, 0.2) is 0 Å². The average Bonchev–Trinajstić information content (AvgIpc) is 2.42. The van der Waals surface area contributed by atoms with Crippen LogP contribution >= 0.6 is 23.4 Å². The molecular weight excluding hydrogens is 302 g/mol. The van der Waals surface area contributed by atoms with Gasteiger partial charge in [-0.05, 0) is 30.3 Å². The van der Waals surface area contributed by atoms with Crippen molar-refractivity contribution in [2.45, 2.75) is 30.6 Å². The first-order chi connectivity index (χ1) is 9.86. The molecule has 0 saturated heterocycles. The third-order valence-electron chi connectivity index (χ3n) is 2.84. The van der Waals surface area contributed by atoms with Gasteiger partial charge in [0.25, 0.3) is 0 Å². The summed E-state index contributed by atoms with van der Waals surface area (Å²) in [6.07, 6.45) is 0. The highest BCUT2D eigenvalue weighted by Crippen LogP contribution is 2.35. The first-order valence-corrected chi connectivity index (χ1v) is 7.89. The molecule has 0 fully saturated rings. The van der Waals surface area contributed by atoms with E-state index in [1.165, 1.54) is 0 Å². The van der Waals surface area contributed by atoms with Crippen LogP contribution in [0.4, 0.5) is 5.69 Å². The maximum absolute atomic E-state index is 12.2. The average molecular weight is 320 g/mol. The Hall–Kier alpha value is -1.45. The van der Waals surface area contributed by atoms with E-state index in [0.717, 1.165) is 15.5 Å². The van der Waals surface area contributed by atoms with E-state index in [4.69, 9.17) is 11.6 Å². The minimum absolute atomic E-state index is 0.0141. The molecule has 0 atom stereocenters. The minimum Gasteiger partial charge on any atom is -0.325 e. The maximum atomic E-state index is 12.2. The fraction of sp³-hybridized carbons (Fsp3) is 0.235. The highest BCUT2D eigenvalue weighted by Gasteiger charge is 2.22. The van der Waals surface area contributed by atoms with E-state index in [9.17, 15) is 4.79 Å². The second-order valence-corrected chi connectivity index (χ2v) is 7.31. The van der Waals surface area contributed by atoms with Crippen LogP contribution in [0.3, 0.4) is 0 Å². The maximum Gasteiger partial charge on any atom is 0.229 e. The first-order valence-electron chi connectivity index (χ1n) is 6.70. The fourth-order valence-electron chi connectivity index (χ4n) is 1.61. The number of benzene rings is 2. The van der Waals surface area contributed by atoms with E-state index in [-0.39, 0.29) is 5.91 Å². The second kappa shape index (κ2) is 6.54. The number of halogens is 1. The number of carbonyl (C=O) groups excluding carboxylic acids is 1. The highest BCUT2D eigenvalue weighted by molar-refractivity contribution is 7.99. The second-order valence-electron chi connectivity index (χ2n) is 5.76. The fourth-order valence-corrected chi connectivity index (χ4v) is 2.81. The first kappa shape index (κ1) is 15.9. The van der Waals surface area contributed by atoms with Gasteiger partial charge in [0.05, 0.1) is 5.69 Å². The van der Waals surface area contributed by atoms with Crippen molar-refractivity contribution in [1.29, 1.82) is 0 Å². The molecule has 0 aliphatic rings. The van der Waals surface area contributed by atoms with Crippen LogP contribution < -0.4 is 5.32 Å². The molecule has 0 heterocycles. The standard InChI is InChI=1S/C17H18ClNOS/c1-17(2,3)16(20)19-14-10-9-12(18)11-15(14)21-13-7-5-4-6-8-13/h4-11H,1-3H3,(H,19,20). The molecule has 0 unspecified atom stereocenters. The molecule has 110 valence electrons.